The summed E-state index contributed by atoms with van der Waals surface area (Å²) in [6, 6.07) is 5.62. The van der Waals surface area contributed by atoms with Crippen molar-refractivity contribution in [3.05, 3.63) is 42.0 Å². The summed E-state index contributed by atoms with van der Waals surface area (Å²) in [4.78, 5) is 14.2. The average Bonchev–Trinajstić information content (AvgIpc) is 2.86. The highest BCUT2D eigenvalue weighted by molar-refractivity contribution is 5.81. The van der Waals surface area contributed by atoms with Crippen LogP contribution in [0.5, 0.6) is 11.5 Å². The highest BCUT2D eigenvalue weighted by Crippen LogP contribution is 2.40. The van der Waals surface area contributed by atoms with Crippen LogP contribution in [0.25, 0.3) is 6.08 Å². The summed E-state index contributed by atoms with van der Waals surface area (Å²) in [7, 11) is 0. The van der Waals surface area contributed by atoms with Crippen LogP contribution in [0.4, 0.5) is 0 Å². The number of carbonyl (C=O) groups is 1. The van der Waals surface area contributed by atoms with Gasteiger partial charge in [-0.1, -0.05) is 45.1 Å². The maximum atomic E-state index is 10.7. The van der Waals surface area contributed by atoms with Crippen molar-refractivity contribution in [1.82, 2.24) is 0 Å². The van der Waals surface area contributed by atoms with Crippen LogP contribution in [0.3, 0.4) is 0 Å². The summed E-state index contributed by atoms with van der Waals surface area (Å²) in [5.74, 6) is 0.612. The van der Waals surface area contributed by atoms with Gasteiger partial charge in [0.05, 0.1) is 0 Å². The molecule has 5 nitrogen and oxygen atoms in total. The van der Waals surface area contributed by atoms with Crippen molar-refractivity contribution in [3.63, 3.8) is 0 Å². The van der Waals surface area contributed by atoms with Gasteiger partial charge in [-0.2, -0.15) is 5.26 Å². The Balaban J connectivity index is 2.05. The van der Waals surface area contributed by atoms with Crippen LogP contribution >= 0.6 is 0 Å². The number of allylic oxidation sites excluding steroid dienone is 2. The summed E-state index contributed by atoms with van der Waals surface area (Å²) in [5, 5.41) is 8.09. The molecule has 5 heteroatoms. The Bertz CT molecular complexity index is 581. The second-order valence-electron chi connectivity index (χ2n) is 5.77. The van der Waals surface area contributed by atoms with E-state index in [2.05, 4.69) is 25.7 Å². The first-order chi connectivity index (χ1) is 9.90. The van der Waals surface area contributed by atoms with E-state index in [4.69, 9.17) is 14.7 Å². The fourth-order valence-electron chi connectivity index (χ4n) is 1.76. The second-order valence-corrected chi connectivity index (χ2v) is 5.77. The zero-order valence-electron chi connectivity index (χ0n) is 12.2. The zero-order valence-corrected chi connectivity index (χ0v) is 12.2. The standard InChI is InChI=1S/C16H18O5/c1-16(2,3)15-19-12-9-8-11(10-13(12)20-15)6-4-5-7-14(17)21-18/h4-10,15,18H,1-3H3/b6-4+,7-5?. The summed E-state index contributed by atoms with van der Waals surface area (Å²) in [5.41, 5.74) is 0.802. The molecular weight excluding hydrogens is 272 g/mol. The van der Waals surface area contributed by atoms with Crippen molar-refractivity contribution in [3.8, 4) is 11.5 Å². The molecule has 0 aromatic heterocycles. The van der Waals surface area contributed by atoms with E-state index >= 15 is 0 Å². The number of hydrogen-bond acceptors (Lipinski definition) is 5. The molecule has 1 aliphatic heterocycles. The van der Waals surface area contributed by atoms with Gasteiger partial charge in [0.1, 0.15) is 0 Å². The van der Waals surface area contributed by atoms with Crippen molar-refractivity contribution in [2.45, 2.75) is 27.1 Å². The molecule has 0 aliphatic carbocycles. The van der Waals surface area contributed by atoms with E-state index in [0.29, 0.717) is 5.75 Å². The van der Waals surface area contributed by atoms with E-state index < -0.39 is 5.97 Å². The van der Waals surface area contributed by atoms with Crippen LogP contribution in [-0.2, 0) is 9.68 Å². The molecular formula is C16H18O5. The van der Waals surface area contributed by atoms with Gasteiger partial charge in [0, 0.05) is 11.5 Å². The van der Waals surface area contributed by atoms with E-state index in [1.807, 2.05) is 18.2 Å². The highest BCUT2D eigenvalue weighted by atomic mass is 17.1. The molecule has 1 aliphatic rings. The van der Waals surface area contributed by atoms with E-state index in [-0.39, 0.29) is 11.7 Å². The molecule has 0 spiro atoms. The molecule has 1 unspecified atom stereocenters. The molecule has 21 heavy (non-hydrogen) atoms. The van der Waals surface area contributed by atoms with Crippen LogP contribution in [0.1, 0.15) is 26.3 Å². The summed E-state index contributed by atoms with van der Waals surface area (Å²) >= 11 is 0. The maximum Gasteiger partial charge on any atom is 0.365 e. The first kappa shape index (κ1) is 15.1. The minimum Gasteiger partial charge on any atom is -0.450 e. The fourth-order valence-corrected chi connectivity index (χ4v) is 1.76. The lowest BCUT2D eigenvalue weighted by atomic mass is 9.96. The monoisotopic (exact) mass is 290 g/mol. The molecule has 0 radical (unpaired) electrons. The number of fused-ring (bicyclic) bond motifs is 1. The van der Waals surface area contributed by atoms with Crippen LogP contribution in [-0.4, -0.2) is 17.5 Å². The van der Waals surface area contributed by atoms with Gasteiger partial charge in [0.25, 0.3) is 0 Å². The largest absolute Gasteiger partial charge is 0.450 e. The minimum atomic E-state index is -0.821. The minimum absolute atomic E-state index is 0.109. The zero-order chi connectivity index (χ0) is 15.5. The Kier molecular flexibility index (Phi) is 4.33. The third kappa shape index (κ3) is 3.86. The van der Waals surface area contributed by atoms with Gasteiger partial charge in [-0.05, 0) is 17.7 Å². The smallest absolute Gasteiger partial charge is 0.365 e. The fraction of sp³-hybridized carbons (Fsp3) is 0.312. The second kappa shape index (κ2) is 6.01. The van der Waals surface area contributed by atoms with Crippen molar-refractivity contribution in [1.29, 1.82) is 0 Å². The highest BCUT2D eigenvalue weighted by Gasteiger charge is 2.34. The van der Waals surface area contributed by atoms with Gasteiger partial charge in [-0.25, -0.2) is 4.79 Å². The van der Waals surface area contributed by atoms with Crippen molar-refractivity contribution >= 4 is 12.0 Å². The average molecular weight is 290 g/mol. The number of carbonyl (C=O) groups excluding carboxylic acids is 1. The van der Waals surface area contributed by atoms with Gasteiger partial charge >= 0.3 is 5.97 Å². The Morgan fingerprint density at radius 2 is 1.95 bits per heavy atom. The van der Waals surface area contributed by atoms with E-state index in [0.717, 1.165) is 17.4 Å². The van der Waals surface area contributed by atoms with E-state index in [9.17, 15) is 4.79 Å². The molecule has 1 heterocycles. The molecule has 0 saturated carbocycles. The first-order valence-electron chi connectivity index (χ1n) is 6.57. The quantitative estimate of drug-likeness (QED) is 0.400. The maximum absolute atomic E-state index is 10.7. The van der Waals surface area contributed by atoms with Crippen LogP contribution in [0, 0.1) is 5.41 Å². The van der Waals surface area contributed by atoms with Gasteiger partial charge in [-0.15, -0.1) is 0 Å². The molecule has 0 fully saturated rings. The third-order valence-electron chi connectivity index (χ3n) is 2.86. The summed E-state index contributed by atoms with van der Waals surface area (Å²) in [6.07, 6.45) is 5.75. The Morgan fingerprint density at radius 3 is 2.62 bits per heavy atom. The lowest BCUT2D eigenvalue weighted by Crippen LogP contribution is -2.33. The third-order valence-corrected chi connectivity index (χ3v) is 2.86. The molecule has 0 amide bonds. The van der Waals surface area contributed by atoms with E-state index in [1.165, 1.54) is 6.08 Å². The number of ether oxygens (including phenoxy) is 2. The SMILES string of the molecule is CC(C)(C)C1Oc2ccc(/C=C/C=CC(=O)OO)cc2O1. The molecule has 1 aromatic rings. The van der Waals surface area contributed by atoms with Crippen molar-refractivity contribution in [2.24, 2.45) is 5.41 Å². The molecule has 1 N–H and O–H groups in total. The Labute approximate surface area is 123 Å². The summed E-state index contributed by atoms with van der Waals surface area (Å²) in [6.45, 7) is 6.15. The number of hydrogen-bond donors (Lipinski definition) is 1. The van der Waals surface area contributed by atoms with Crippen LogP contribution < -0.4 is 9.47 Å². The van der Waals surface area contributed by atoms with Gasteiger partial charge in [-0.3, -0.25) is 4.89 Å². The van der Waals surface area contributed by atoms with Gasteiger partial charge in [0.2, 0.25) is 6.29 Å². The number of rotatable bonds is 3. The normalized spacial score (nSPS) is 17.6. The number of benzene rings is 1. The molecule has 1 aromatic carbocycles. The lowest BCUT2D eigenvalue weighted by Gasteiger charge is -2.24. The first-order valence-corrected chi connectivity index (χ1v) is 6.57. The van der Waals surface area contributed by atoms with Crippen LogP contribution in [0.15, 0.2) is 36.4 Å². The Hall–Kier alpha value is -2.27. The molecule has 2 rings (SSSR count). The molecule has 0 saturated heterocycles. The van der Waals surface area contributed by atoms with Gasteiger partial charge < -0.3 is 9.47 Å². The molecule has 1 atom stereocenters. The van der Waals surface area contributed by atoms with Crippen molar-refractivity contribution in [2.75, 3.05) is 0 Å². The topological polar surface area (TPSA) is 65.0 Å². The van der Waals surface area contributed by atoms with Crippen LogP contribution in [0.2, 0.25) is 0 Å². The summed E-state index contributed by atoms with van der Waals surface area (Å²) < 4.78 is 11.5. The van der Waals surface area contributed by atoms with Crippen molar-refractivity contribution < 1.29 is 24.4 Å². The molecule has 112 valence electrons. The van der Waals surface area contributed by atoms with Gasteiger partial charge in [0.15, 0.2) is 11.5 Å². The Morgan fingerprint density at radius 1 is 1.24 bits per heavy atom. The predicted octanol–water partition coefficient (Wildman–Crippen LogP) is 3.42. The van der Waals surface area contributed by atoms with E-state index in [1.54, 1.807) is 12.2 Å². The predicted molar refractivity (Wildman–Crippen MR) is 77.8 cm³/mol. The lowest BCUT2D eigenvalue weighted by molar-refractivity contribution is -0.228. The molecule has 0 bridgehead atoms.